The highest BCUT2D eigenvalue weighted by Crippen LogP contribution is 2.23. The molecule has 1 aliphatic rings. The molecule has 3 amide bonds. The fourth-order valence-corrected chi connectivity index (χ4v) is 2.41. The van der Waals surface area contributed by atoms with E-state index in [1.165, 1.54) is 4.90 Å². The van der Waals surface area contributed by atoms with Crippen molar-refractivity contribution in [3.63, 3.8) is 0 Å². The van der Waals surface area contributed by atoms with Crippen LogP contribution < -0.4 is 10.2 Å². The minimum absolute atomic E-state index is 0.244. The third kappa shape index (κ3) is 2.31. The number of hydrogen-bond acceptors (Lipinski definition) is 3. The number of rotatable bonds is 1. The van der Waals surface area contributed by atoms with Crippen LogP contribution in [0.15, 0.2) is 34.9 Å². The summed E-state index contributed by atoms with van der Waals surface area (Å²) in [6.07, 6.45) is 2.02. The van der Waals surface area contributed by atoms with E-state index in [9.17, 15) is 9.59 Å². The van der Waals surface area contributed by atoms with Gasteiger partial charge in [0.05, 0.1) is 0 Å². The maximum Gasteiger partial charge on any atom is 0.329 e. The standard InChI is InChI=1S/C13H10BrN3O2/c14-10-2-1-8-6-11(15-7-9(8)5-10)17-4-3-12(18)16-13(17)19/h1-2,5-7H,3-4H2,(H,16,18,19). The molecule has 0 bridgehead atoms. The van der Waals surface area contributed by atoms with E-state index < -0.39 is 6.03 Å². The number of carbonyl (C=O) groups is 2. The summed E-state index contributed by atoms with van der Waals surface area (Å²) in [6, 6.07) is 7.28. The molecule has 1 N–H and O–H groups in total. The van der Waals surface area contributed by atoms with Gasteiger partial charge in [-0.25, -0.2) is 9.78 Å². The highest BCUT2D eigenvalue weighted by molar-refractivity contribution is 9.10. The largest absolute Gasteiger partial charge is 0.329 e. The molecule has 0 unspecified atom stereocenters. The highest BCUT2D eigenvalue weighted by atomic mass is 79.9. The molecule has 1 fully saturated rings. The average molecular weight is 320 g/mol. The molecule has 19 heavy (non-hydrogen) atoms. The quantitative estimate of drug-likeness (QED) is 0.878. The molecular formula is C13H10BrN3O2. The Morgan fingerprint density at radius 3 is 2.84 bits per heavy atom. The van der Waals surface area contributed by atoms with E-state index in [1.807, 2.05) is 24.3 Å². The molecule has 0 spiro atoms. The molecule has 2 aromatic rings. The van der Waals surface area contributed by atoms with Crippen LogP contribution in [0.2, 0.25) is 0 Å². The lowest BCUT2D eigenvalue weighted by Gasteiger charge is -2.25. The molecule has 1 aliphatic heterocycles. The van der Waals surface area contributed by atoms with Crippen molar-refractivity contribution >= 4 is 44.5 Å². The molecule has 1 aromatic heterocycles. The van der Waals surface area contributed by atoms with Crippen molar-refractivity contribution < 1.29 is 9.59 Å². The van der Waals surface area contributed by atoms with Crippen LogP contribution >= 0.6 is 15.9 Å². The van der Waals surface area contributed by atoms with E-state index in [0.29, 0.717) is 18.8 Å². The van der Waals surface area contributed by atoms with Crippen LogP contribution in [0.3, 0.4) is 0 Å². The number of urea groups is 1. The van der Waals surface area contributed by atoms with Crippen molar-refractivity contribution in [3.8, 4) is 0 Å². The van der Waals surface area contributed by atoms with Crippen LogP contribution in [0.1, 0.15) is 6.42 Å². The molecule has 0 aliphatic carbocycles. The summed E-state index contributed by atoms with van der Waals surface area (Å²) < 4.78 is 0.982. The van der Waals surface area contributed by atoms with Crippen LogP contribution in [-0.2, 0) is 4.79 Å². The van der Waals surface area contributed by atoms with E-state index in [0.717, 1.165) is 15.2 Å². The van der Waals surface area contributed by atoms with E-state index in [2.05, 4.69) is 26.2 Å². The fraction of sp³-hybridized carbons (Fsp3) is 0.154. The Bertz CT molecular complexity index is 687. The number of aromatic nitrogens is 1. The SMILES string of the molecule is O=C1CCN(c2cc3ccc(Br)cc3cn2)C(=O)N1. The molecule has 1 aromatic carbocycles. The molecule has 5 nitrogen and oxygen atoms in total. The third-order valence-corrected chi connectivity index (χ3v) is 3.49. The lowest BCUT2D eigenvalue weighted by atomic mass is 10.2. The van der Waals surface area contributed by atoms with Gasteiger partial charge in [0, 0.05) is 29.0 Å². The summed E-state index contributed by atoms with van der Waals surface area (Å²) in [5, 5.41) is 4.28. The van der Waals surface area contributed by atoms with Crippen molar-refractivity contribution in [2.24, 2.45) is 0 Å². The highest BCUT2D eigenvalue weighted by Gasteiger charge is 2.25. The number of fused-ring (bicyclic) bond motifs is 1. The number of anilines is 1. The molecule has 96 valence electrons. The maximum absolute atomic E-state index is 11.7. The fourth-order valence-electron chi connectivity index (χ4n) is 2.03. The number of nitrogens with one attached hydrogen (secondary N) is 1. The van der Waals surface area contributed by atoms with Crippen molar-refractivity contribution in [1.82, 2.24) is 10.3 Å². The van der Waals surface area contributed by atoms with Gasteiger partial charge < -0.3 is 0 Å². The number of nitrogens with zero attached hydrogens (tertiary/aromatic N) is 2. The maximum atomic E-state index is 11.7. The van der Waals surface area contributed by atoms with E-state index in [1.54, 1.807) is 6.20 Å². The summed E-state index contributed by atoms with van der Waals surface area (Å²) in [5.41, 5.74) is 0. The second-order valence-electron chi connectivity index (χ2n) is 4.29. The van der Waals surface area contributed by atoms with Gasteiger partial charge in [0.25, 0.3) is 0 Å². The van der Waals surface area contributed by atoms with Gasteiger partial charge in [0.2, 0.25) is 5.91 Å². The Kier molecular flexibility index (Phi) is 2.94. The number of amides is 3. The van der Waals surface area contributed by atoms with Crippen molar-refractivity contribution in [3.05, 3.63) is 34.9 Å². The second-order valence-corrected chi connectivity index (χ2v) is 5.20. The van der Waals surface area contributed by atoms with Crippen molar-refractivity contribution in [1.29, 1.82) is 0 Å². The Labute approximate surface area is 117 Å². The monoisotopic (exact) mass is 319 g/mol. The lowest BCUT2D eigenvalue weighted by molar-refractivity contribution is -0.120. The second kappa shape index (κ2) is 4.62. The number of pyridine rings is 1. The molecule has 1 saturated heterocycles. The minimum atomic E-state index is -0.416. The minimum Gasteiger partial charge on any atom is -0.278 e. The summed E-state index contributed by atoms with van der Waals surface area (Å²) in [4.78, 5) is 28.6. The Morgan fingerprint density at radius 2 is 2.05 bits per heavy atom. The van der Waals surface area contributed by atoms with Crippen molar-refractivity contribution in [2.45, 2.75) is 6.42 Å². The number of benzene rings is 1. The van der Waals surface area contributed by atoms with Crippen LogP contribution in [0.4, 0.5) is 10.6 Å². The van der Waals surface area contributed by atoms with Gasteiger partial charge in [-0.3, -0.25) is 15.0 Å². The summed E-state index contributed by atoms with van der Waals surface area (Å²) in [5.74, 6) is 0.311. The average Bonchev–Trinajstić information content (AvgIpc) is 2.38. The van der Waals surface area contributed by atoms with Crippen LogP contribution in [0, 0.1) is 0 Å². The molecule has 3 rings (SSSR count). The molecule has 0 radical (unpaired) electrons. The van der Waals surface area contributed by atoms with Crippen LogP contribution in [-0.4, -0.2) is 23.5 Å². The van der Waals surface area contributed by atoms with E-state index in [4.69, 9.17) is 0 Å². The van der Waals surface area contributed by atoms with Crippen LogP contribution in [0.25, 0.3) is 10.8 Å². The molecule has 0 saturated carbocycles. The van der Waals surface area contributed by atoms with Crippen molar-refractivity contribution in [2.75, 3.05) is 11.4 Å². The van der Waals surface area contributed by atoms with Gasteiger partial charge in [-0.2, -0.15) is 0 Å². The Morgan fingerprint density at radius 1 is 1.21 bits per heavy atom. The summed E-state index contributed by atoms with van der Waals surface area (Å²) in [7, 11) is 0. The van der Waals surface area contributed by atoms with Gasteiger partial charge in [-0.15, -0.1) is 0 Å². The first kappa shape index (κ1) is 12.1. The van der Waals surface area contributed by atoms with Crippen LogP contribution in [0.5, 0.6) is 0 Å². The molecule has 2 heterocycles. The van der Waals surface area contributed by atoms with E-state index in [-0.39, 0.29) is 5.91 Å². The summed E-state index contributed by atoms with van der Waals surface area (Å²) >= 11 is 3.40. The first-order valence-corrected chi connectivity index (χ1v) is 6.59. The molecular weight excluding hydrogens is 310 g/mol. The zero-order chi connectivity index (χ0) is 13.4. The third-order valence-electron chi connectivity index (χ3n) is 3.00. The zero-order valence-corrected chi connectivity index (χ0v) is 11.5. The number of imide groups is 1. The molecule has 6 heteroatoms. The normalized spacial score (nSPS) is 15.7. The number of halogens is 1. The number of hydrogen-bond donors (Lipinski definition) is 1. The zero-order valence-electron chi connectivity index (χ0n) is 9.89. The number of carbonyl (C=O) groups excluding carboxylic acids is 2. The molecule has 0 atom stereocenters. The first-order chi connectivity index (χ1) is 9.13. The Hall–Kier alpha value is -1.95. The predicted molar refractivity (Wildman–Crippen MR) is 74.9 cm³/mol. The van der Waals surface area contributed by atoms with Gasteiger partial charge in [-0.1, -0.05) is 22.0 Å². The Balaban J connectivity index is 1.99. The van der Waals surface area contributed by atoms with E-state index >= 15 is 0 Å². The summed E-state index contributed by atoms with van der Waals surface area (Å²) in [6.45, 7) is 0.361. The lowest BCUT2D eigenvalue weighted by Crippen LogP contribution is -2.49. The predicted octanol–water partition coefficient (Wildman–Crippen LogP) is 2.44. The van der Waals surface area contributed by atoms with Gasteiger partial charge in [0.1, 0.15) is 5.82 Å². The first-order valence-electron chi connectivity index (χ1n) is 5.80. The topological polar surface area (TPSA) is 62.3 Å². The van der Waals surface area contributed by atoms with Gasteiger partial charge in [-0.05, 0) is 23.6 Å². The van der Waals surface area contributed by atoms with Gasteiger partial charge in [0.15, 0.2) is 0 Å². The van der Waals surface area contributed by atoms with Gasteiger partial charge >= 0.3 is 6.03 Å². The smallest absolute Gasteiger partial charge is 0.278 e.